The summed E-state index contributed by atoms with van der Waals surface area (Å²) < 4.78 is 8.79. The van der Waals surface area contributed by atoms with Gasteiger partial charge in [0.1, 0.15) is 29.6 Å². The molecule has 1 rings (SSSR count). The van der Waals surface area contributed by atoms with E-state index < -0.39 is 5.76 Å². The van der Waals surface area contributed by atoms with E-state index in [2.05, 4.69) is 17.7 Å². The maximum atomic E-state index is 10.2. The molecule has 1 heterocycles. The van der Waals surface area contributed by atoms with E-state index in [0.717, 1.165) is 0 Å². The number of nitrogens with zero attached hydrogens (tertiary/aromatic N) is 1. The molecule has 0 atom stereocenters. The van der Waals surface area contributed by atoms with Gasteiger partial charge in [0.15, 0.2) is 5.82 Å². The highest BCUT2D eigenvalue weighted by molar-refractivity contribution is 14.1. The Labute approximate surface area is 64.1 Å². The summed E-state index contributed by atoms with van der Waals surface area (Å²) in [7, 11) is 0. The largest absolute Gasteiger partial charge is 0.438 e. The quantitative estimate of drug-likeness (QED) is 0.753. The number of H-pyrrole nitrogens is 1. The lowest BCUT2D eigenvalue weighted by atomic mass is 10.7. The SMILES string of the molecule is O=c1[nH]c(COI)no1. The summed E-state index contributed by atoms with van der Waals surface area (Å²) in [5.74, 6) is -0.159. The molecule has 0 saturated carbocycles. The standard InChI is InChI=1S/C3H3IN2O3/c4-8-1-2-5-3(7)9-6-2/h1H2,(H,5,6,7). The van der Waals surface area contributed by atoms with Gasteiger partial charge in [0.25, 0.3) is 0 Å². The van der Waals surface area contributed by atoms with Gasteiger partial charge >= 0.3 is 5.76 Å². The fourth-order valence-corrected chi connectivity index (χ4v) is 0.669. The number of hydrogen-bond acceptors (Lipinski definition) is 4. The van der Waals surface area contributed by atoms with Crippen molar-refractivity contribution in [3.8, 4) is 0 Å². The summed E-state index contributed by atoms with van der Waals surface area (Å²) in [6, 6.07) is 0. The van der Waals surface area contributed by atoms with Crippen LogP contribution in [-0.4, -0.2) is 10.1 Å². The molecule has 0 aliphatic rings. The molecule has 0 aromatic carbocycles. The van der Waals surface area contributed by atoms with Gasteiger partial charge in [-0.3, -0.25) is 9.51 Å². The average molecular weight is 242 g/mol. The van der Waals surface area contributed by atoms with Crippen molar-refractivity contribution in [1.82, 2.24) is 10.1 Å². The van der Waals surface area contributed by atoms with E-state index in [1.54, 1.807) is 23.0 Å². The molecule has 5 nitrogen and oxygen atoms in total. The van der Waals surface area contributed by atoms with Gasteiger partial charge in [-0.05, 0) is 0 Å². The van der Waals surface area contributed by atoms with Crippen molar-refractivity contribution in [2.24, 2.45) is 0 Å². The molecule has 0 aliphatic heterocycles. The molecule has 0 saturated heterocycles. The first-order chi connectivity index (χ1) is 4.33. The Hall–Kier alpha value is -0.370. The van der Waals surface area contributed by atoms with Crippen LogP contribution in [0, 0.1) is 0 Å². The van der Waals surface area contributed by atoms with E-state index in [1.807, 2.05) is 0 Å². The van der Waals surface area contributed by atoms with Gasteiger partial charge < -0.3 is 3.07 Å². The van der Waals surface area contributed by atoms with Gasteiger partial charge in [-0.1, -0.05) is 5.16 Å². The molecule has 6 heteroatoms. The van der Waals surface area contributed by atoms with Crippen molar-refractivity contribution in [2.45, 2.75) is 6.61 Å². The van der Waals surface area contributed by atoms with E-state index in [9.17, 15) is 4.79 Å². The molecule has 0 radical (unpaired) electrons. The smallest absolute Gasteiger partial charge is 0.308 e. The maximum absolute atomic E-state index is 10.2. The van der Waals surface area contributed by atoms with Gasteiger partial charge in [-0.25, -0.2) is 4.79 Å². The first-order valence-electron chi connectivity index (χ1n) is 2.11. The van der Waals surface area contributed by atoms with E-state index >= 15 is 0 Å². The van der Waals surface area contributed by atoms with E-state index in [0.29, 0.717) is 5.82 Å². The van der Waals surface area contributed by atoms with Crippen LogP contribution < -0.4 is 5.76 Å². The van der Waals surface area contributed by atoms with Crippen LogP contribution in [0.3, 0.4) is 0 Å². The fourth-order valence-electron chi connectivity index (χ4n) is 0.374. The minimum absolute atomic E-state index is 0.256. The molecule has 0 unspecified atom stereocenters. The lowest BCUT2D eigenvalue weighted by molar-refractivity contribution is 0.353. The van der Waals surface area contributed by atoms with Crippen molar-refractivity contribution < 1.29 is 7.59 Å². The number of rotatable bonds is 2. The van der Waals surface area contributed by atoms with E-state index in [-0.39, 0.29) is 6.61 Å². The van der Waals surface area contributed by atoms with E-state index in [1.165, 1.54) is 0 Å². The van der Waals surface area contributed by atoms with Crippen LogP contribution >= 0.6 is 23.0 Å². The third-order valence-corrected chi connectivity index (χ3v) is 0.988. The summed E-state index contributed by atoms with van der Waals surface area (Å²) in [5, 5.41) is 3.33. The molecule has 1 aromatic rings. The highest BCUT2D eigenvalue weighted by Crippen LogP contribution is 1.92. The van der Waals surface area contributed by atoms with Crippen LogP contribution in [0.25, 0.3) is 0 Å². The predicted octanol–water partition coefficient (Wildman–Crippen LogP) is 0.230. The highest BCUT2D eigenvalue weighted by atomic mass is 127. The second-order valence-electron chi connectivity index (χ2n) is 1.30. The Morgan fingerprint density at radius 3 is 3.11 bits per heavy atom. The van der Waals surface area contributed by atoms with Crippen LogP contribution in [0.1, 0.15) is 5.82 Å². The highest BCUT2D eigenvalue weighted by Gasteiger charge is 1.96. The van der Waals surface area contributed by atoms with Crippen molar-refractivity contribution in [2.75, 3.05) is 0 Å². The average Bonchev–Trinajstić information content (AvgIpc) is 2.17. The number of halogens is 1. The Morgan fingerprint density at radius 1 is 1.89 bits per heavy atom. The van der Waals surface area contributed by atoms with Crippen molar-refractivity contribution in [1.29, 1.82) is 0 Å². The molecule has 0 fully saturated rings. The predicted molar refractivity (Wildman–Crippen MR) is 35.9 cm³/mol. The van der Waals surface area contributed by atoms with Crippen LogP contribution in [0.15, 0.2) is 9.32 Å². The zero-order valence-corrected chi connectivity index (χ0v) is 6.41. The molecule has 0 spiro atoms. The third kappa shape index (κ3) is 1.79. The molecule has 50 valence electrons. The van der Waals surface area contributed by atoms with Crippen LogP contribution in [0.4, 0.5) is 0 Å². The second-order valence-corrected chi connectivity index (χ2v) is 1.92. The lowest BCUT2D eigenvalue weighted by Gasteiger charge is -1.83. The molecule has 0 amide bonds. The minimum Gasteiger partial charge on any atom is -0.308 e. The van der Waals surface area contributed by atoms with Crippen LogP contribution in [0.2, 0.25) is 0 Å². The zero-order chi connectivity index (χ0) is 6.69. The summed E-state index contributed by atoms with van der Waals surface area (Å²) >= 11 is 1.70. The molecule has 9 heavy (non-hydrogen) atoms. The number of aromatic nitrogens is 2. The normalized spacial score (nSPS) is 9.89. The lowest BCUT2D eigenvalue weighted by Crippen LogP contribution is -1.96. The molecule has 0 bridgehead atoms. The van der Waals surface area contributed by atoms with Crippen LogP contribution in [-0.2, 0) is 9.67 Å². The number of aromatic amines is 1. The molecular formula is C3H3IN2O3. The summed E-state index contributed by atoms with van der Waals surface area (Å²) in [4.78, 5) is 12.5. The molecule has 1 N–H and O–H groups in total. The minimum atomic E-state index is -0.557. The Bertz CT molecular complexity index is 229. The zero-order valence-electron chi connectivity index (χ0n) is 4.26. The Kier molecular flexibility index (Phi) is 2.22. The molecular weight excluding hydrogens is 239 g/mol. The van der Waals surface area contributed by atoms with Crippen molar-refractivity contribution in [3.63, 3.8) is 0 Å². The summed E-state index contributed by atoms with van der Waals surface area (Å²) in [6.07, 6.45) is 0. The van der Waals surface area contributed by atoms with E-state index in [4.69, 9.17) is 0 Å². The third-order valence-electron chi connectivity index (χ3n) is 0.676. The van der Waals surface area contributed by atoms with Gasteiger partial charge in [0.05, 0.1) is 0 Å². The topological polar surface area (TPSA) is 68.1 Å². The van der Waals surface area contributed by atoms with Gasteiger partial charge in [-0.2, -0.15) is 0 Å². The molecule has 0 aliphatic carbocycles. The van der Waals surface area contributed by atoms with Crippen LogP contribution in [0.5, 0.6) is 0 Å². The summed E-state index contributed by atoms with van der Waals surface area (Å²) in [5.41, 5.74) is 0. The monoisotopic (exact) mass is 242 g/mol. The number of hydrogen-bond donors (Lipinski definition) is 1. The first-order valence-corrected chi connectivity index (χ1v) is 2.99. The Balaban J connectivity index is 2.73. The van der Waals surface area contributed by atoms with Crippen molar-refractivity contribution in [3.05, 3.63) is 16.4 Å². The maximum Gasteiger partial charge on any atom is 0.438 e. The molecule has 1 aromatic heterocycles. The second kappa shape index (κ2) is 2.97. The Morgan fingerprint density at radius 2 is 2.67 bits per heavy atom. The van der Waals surface area contributed by atoms with Gasteiger partial charge in [0.2, 0.25) is 0 Å². The first kappa shape index (κ1) is 6.75. The van der Waals surface area contributed by atoms with Gasteiger partial charge in [-0.15, -0.1) is 0 Å². The number of nitrogens with one attached hydrogen (secondary N) is 1. The summed E-state index contributed by atoms with van der Waals surface area (Å²) in [6.45, 7) is 0.256. The fraction of sp³-hybridized carbons (Fsp3) is 0.333. The van der Waals surface area contributed by atoms with Gasteiger partial charge in [0, 0.05) is 0 Å². The van der Waals surface area contributed by atoms with Crippen molar-refractivity contribution >= 4 is 23.0 Å².